The Morgan fingerprint density at radius 2 is 2.23 bits per heavy atom. The largest absolute Gasteiger partial charge is 0.334 e. The number of amides is 2. The van der Waals surface area contributed by atoms with E-state index in [1.54, 1.807) is 18.6 Å². The molecule has 1 fully saturated rings. The first-order valence-electron chi connectivity index (χ1n) is 7.68. The summed E-state index contributed by atoms with van der Waals surface area (Å²) >= 11 is 0. The Hall–Kier alpha value is -2.37. The van der Waals surface area contributed by atoms with Crippen LogP contribution in [0.25, 0.3) is 0 Å². The number of likely N-dealkylation sites (tertiary alicyclic amines) is 1. The van der Waals surface area contributed by atoms with Crippen molar-refractivity contribution in [2.75, 3.05) is 6.54 Å². The summed E-state index contributed by atoms with van der Waals surface area (Å²) in [5, 5.41) is 7.24. The molecule has 6 heteroatoms. The number of aromatic nitrogens is 3. The minimum atomic E-state index is -0.000955. The fourth-order valence-electron chi connectivity index (χ4n) is 2.97. The van der Waals surface area contributed by atoms with E-state index in [1.165, 1.54) is 0 Å². The van der Waals surface area contributed by atoms with Gasteiger partial charge in [-0.2, -0.15) is 5.10 Å². The SMILES string of the molecule is C[C@@H](Cn1cccn1)NC(=O)N1CCC[C@H]1c1ccncc1. The lowest BCUT2D eigenvalue weighted by atomic mass is 10.1. The van der Waals surface area contributed by atoms with Gasteiger partial charge in [0.05, 0.1) is 12.6 Å². The predicted molar refractivity (Wildman–Crippen MR) is 83.1 cm³/mol. The molecule has 116 valence electrons. The minimum absolute atomic E-state index is 0.000955. The summed E-state index contributed by atoms with van der Waals surface area (Å²) in [6.45, 7) is 3.47. The lowest BCUT2D eigenvalue weighted by molar-refractivity contribution is 0.188. The summed E-state index contributed by atoms with van der Waals surface area (Å²) in [6.07, 6.45) is 9.25. The van der Waals surface area contributed by atoms with Gasteiger partial charge >= 0.3 is 6.03 Å². The van der Waals surface area contributed by atoms with Crippen molar-refractivity contribution in [1.82, 2.24) is 25.0 Å². The van der Waals surface area contributed by atoms with E-state index in [4.69, 9.17) is 0 Å². The Labute approximate surface area is 130 Å². The van der Waals surface area contributed by atoms with Crippen LogP contribution in [-0.4, -0.2) is 38.3 Å². The van der Waals surface area contributed by atoms with E-state index >= 15 is 0 Å². The average molecular weight is 299 g/mol. The van der Waals surface area contributed by atoms with E-state index in [9.17, 15) is 4.79 Å². The third-order valence-electron chi connectivity index (χ3n) is 3.99. The number of carbonyl (C=O) groups excluding carboxylic acids is 1. The molecule has 0 radical (unpaired) electrons. The minimum Gasteiger partial charge on any atom is -0.334 e. The molecule has 22 heavy (non-hydrogen) atoms. The highest BCUT2D eigenvalue weighted by molar-refractivity contribution is 5.75. The summed E-state index contributed by atoms with van der Waals surface area (Å²) in [5.74, 6) is 0. The van der Waals surface area contributed by atoms with E-state index in [2.05, 4.69) is 15.4 Å². The lowest BCUT2D eigenvalue weighted by Gasteiger charge is -2.27. The standard InChI is InChI=1S/C16H21N5O/c1-13(12-20-10-3-7-18-20)19-16(22)21-11-2-4-15(21)14-5-8-17-9-6-14/h3,5-10,13,15H,2,4,11-12H2,1H3,(H,19,22)/t13-,15-/m0/s1. The fourth-order valence-corrected chi connectivity index (χ4v) is 2.97. The molecular weight excluding hydrogens is 278 g/mol. The van der Waals surface area contributed by atoms with Gasteiger partial charge in [0, 0.05) is 37.4 Å². The average Bonchev–Trinajstić information content (AvgIpc) is 3.18. The first kappa shape index (κ1) is 14.6. The first-order valence-corrected chi connectivity index (χ1v) is 7.68. The Morgan fingerprint density at radius 1 is 1.41 bits per heavy atom. The number of rotatable bonds is 4. The molecule has 2 aromatic heterocycles. The number of urea groups is 1. The van der Waals surface area contributed by atoms with Gasteiger partial charge in [-0.05, 0) is 43.5 Å². The molecule has 1 N–H and O–H groups in total. The van der Waals surface area contributed by atoms with Gasteiger partial charge in [-0.25, -0.2) is 4.79 Å². The zero-order chi connectivity index (χ0) is 15.4. The Kier molecular flexibility index (Phi) is 4.37. The number of hydrogen-bond acceptors (Lipinski definition) is 3. The molecule has 0 unspecified atom stereocenters. The lowest BCUT2D eigenvalue weighted by Crippen LogP contribution is -2.44. The van der Waals surface area contributed by atoms with Crippen molar-refractivity contribution < 1.29 is 4.79 Å². The summed E-state index contributed by atoms with van der Waals surface area (Å²) in [4.78, 5) is 18.5. The second-order valence-corrected chi connectivity index (χ2v) is 5.71. The van der Waals surface area contributed by atoms with Gasteiger partial charge in [0.2, 0.25) is 0 Å². The zero-order valence-electron chi connectivity index (χ0n) is 12.7. The number of carbonyl (C=O) groups is 1. The van der Waals surface area contributed by atoms with E-state index < -0.39 is 0 Å². The van der Waals surface area contributed by atoms with Crippen molar-refractivity contribution in [1.29, 1.82) is 0 Å². The van der Waals surface area contributed by atoms with E-state index in [0.717, 1.165) is 24.9 Å². The van der Waals surface area contributed by atoms with Crippen LogP contribution in [0.2, 0.25) is 0 Å². The number of pyridine rings is 1. The highest BCUT2D eigenvalue weighted by atomic mass is 16.2. The maximum Gasteiger partial charge on any atom is 0.318 e. The Bertz CT molecular complexity index is 598. The van der Waals surface area contributed by atoms with Crippen molar-refractivity contribution in [3.8, 4) is 0 Å². The van der Waals surface area contributed by atoms with Crippen LogP contribution in [0.3, 0.4) is 0 Å². The molecule has 0 bridgehead atoms. The van der Waals surface area contributed by atoms with Crippen LogP contribution in [0.1, 0.15) is 31.4 Å². The van der Waals surface area contributed by atoms with Crippen LogP contribution in [0.15, 0.2) is 43.0 Å². The van der Waals surface area contributed by atoms with Gasteiger partial charge in [0.15, 0.2) is 0 Å². The molecule has 3 rings (SSSR count). The molecule has 1 saturated heterocycles. The van der Waals surface area contributed by atoms with Crippen LogP contribution in [0, 0.1) is 0 Å². The topological polar surface area (TPSA) is 63.1 Å². The second kappa shape index (κ2) is 6.60. The molecule has 0 saturated carbocycles. The van der Waals surface area contributed by atoms with Crippen molar-refractivity contribution in [2.45, 2.75) is 38.4 Å². The third-order valence-corrected chi connectivity index (χ3v) is 3.99. The van der Waals surface area contributed by atoms with Crippen molar-refractivity contribution in [3.05, 3.63) is 48.5 Å². The predicted octanol–water partition coefficient (Wildman–Crippen LogP) is 2.21. The van der Waals surface area contributed by atoms with Gasteiger partial charge in [-0.3, -0.25) is 9.67 Å². The monoisotopic (exact) mass is 299 g/mol. The van der Waals surface area contributed by atoms with E-state index in [-0.39, 0.29) is 18.1 Å². The number of nitrogens with one attached hydrogen (secondary N) is 1. The summed E-state index contributed by atoms with van der Waals surface area (Å²) in [6, 6.07) is 6.05. The number of hydrogen-bond donors (Lipinski definition) is 1. The number of nitrogens with zero attached hydrogens (tertiary/aromatic N) is 4. The zero-order valence-corrected chi connectivity index (χ0v) is 12.7. The normalized spacial score (nSPS) is 19.1. The molecule has 2 aromatic rings. The van der Waals surface area contributed by atoms with Crippen molar-refractivity contribution in [2.24, 2.45) is 0 Å². The fraction of sp³-hybridized carbons (Fsp3) is 0.438. The van der Waals surface area contributed by atoms with Crippen LogP contribution in [0.4, 0.5) is 4.79 Å². The molecule has 0 aromatic carbocycles. The molecule has 2 amide bonds. The maximum absolute atomic E-state index is 12.5. The van der Waals surface area contributed by atoms with Crippen molar-refractivity contribution >= 4 is 6.03 Å². The summed E-state index contributed by atoms with van der Waals surface area (Å²) < 4.78 is 1.83. The van der Waals surface area contributed by atoms with Gasteiger partial charge in [-0.15, -0.1) is 0 Å². The Morgan fingerprint density at radius 3 is 2.95 bits per heavy atom. The van der Waals surface area contributed by atoms with Gasteiger partial charge in [-0.1, -0.05) is 0 Å². The van der Waals surface area contributed by atoms with E-state index in [0.29, 0.717) is 6.54 Å². The quantitative estimate of drug-likeness (QED) is 0.941. The molecule has 1 aliphatic heterocycles. The third kappa shape index (κ3) is 3.27. The molecular formula is C16H21N5O. The molecule has 6 nitrogen and oxygen atoms in total. The molecule has 2 atom stereocenters. The van der Waals surface area contributed by atoms with Crippen LogP contribution >= 0.6 is 0 Å². The molecule has 3 heterocycles. The second-order valence-electron chi connectivity index (χ2n) is 5.71. The first-order chi connectivity index (χ1) is 10.7. The summed E-state index contributed by atoms with van der Waals surface area (Å²) in [7, 11) is 0. The maximum atomic E-state index is 12.5. The Balaban J connectivity index is 1.61. The highest BCUT2D eigenvalue weighted by Crippen LogP contribution is 2.31. The molecule has 0 aliphatic carbocycles. The van der Waals surface area contributed by atoms with Crippen LogP contribution in [-0.2, 0) is 6.54 Å². The smallest absolute Gasteiger partial charge is 0.318 e. The van der Waals surface area contributed by atoms with Crippen molar-refractivity contribution in [3.63, 3.8) is 0 Å². The van der Waals surface area contributed by atoms with Crippen LogP contribution in [0.5, 0.6) is 0 Å². The van der Waals surface area contributed by atoms with Gasteiger partial charge in [0.1, 0.15) is 0 Å². The molecule has 1 aliphatic rings. The van der Waals surface area contributed by atoms with Gasteiger partial charge < -0.3 is 10.2 Å². The summed E-state index contributed by atoms with van der Waals surface area (Å²) in [5.41, 5.74) is 1.15. The van der Waals surface area contributed by atoms with Gasteiger partial charge in [0.25, 0.3) is 0 Å². The molecule has 0 spiro atoms. The van der Waals surface area contributed by atoms with E-state index in [1.807, 2.05) is 40.9 Å². The highest BCUT2D eigenvalue weighted by Gasteiger charge is 2.30. The van der Waals surface area contributed by atoms with Crippen LogP contribution < -0.4 is 5.32 Å².